The van der Waals surface area contributed by atoms with Gasteiger partial charge in [-0.25, -0.2) is 0 Å². The second-order valence-corrected chi connectivity index (χ2v) is 6.68. The smallest absolute Gasteiger partial charge is 0.0367 e. The second kappa shape index (κ2) is 7.33. The van der Waals surface area contributed by atoms with E-state index >= 15 is 0 Å². The lowest BCUT2D eigenvalue weighted by Crippen LogP contribution is -2.27. The molecule has 0 nitrogen and oxygen atoms in total. The second-order valence-electron chi connectivity index (χ2n) is 6.12. The fraction of sp³-hybridized carbons (Fsp3) is 0.667. The topological polar surface area (TPSA) is 0 Å². The van der Waals surface area contributed by atoms with Crippen LogP contribution in [0.15, 0.2) is 24.3 Å². The number of benzene rings is 1. The van der Waals surface area contributed by atoms with Crippen molar-refractivity contribution >= 4 is 11.6 Å². The first kappa shape index (κ1) is 14.9. The van der Waals surface area contributed by atoms with E-state index in [0.717, 1.165) is 12.3 Å². The number of rotatable bonds is 5. The zero-order valence-corrected chi connectivity index (χ0v) is 13.1. The molecule has 0 heterocycles. The lowest BCUT2D eigenvalue weighted by molar-refractivity contribution is 0.257. The van der Waals surface area contributed by atoms with Gasteiger partial charge >= 0.3 is 0 Å². The van der Waals surface area contributed by atoms with Gasteiger partial charge in [0.15, 0.2) is 0 Å². The van der Waals surface area contributed by atoms with Crippen molar-refractivity contribution in [2.75, 3.05) is 0 Å². The summed E-state index contributed by atoms with van der Waals surface area (Å²) in [6.07, 6.45) is 8.87. The highest BCUT2D eigenvalue weighted by atomic mass is 35.5. The molecule has 19 heavy (non-hydrogen) atoms. The Morgan fingerprint density at radius 3 is 2.37 bits per heavy atom. The minimum absolute atomic E-state index is 0.388. The molecule has 1 aliphatic rings. The molecule has 0 amide bonds. The maximum Gasteiger partial charge on any atom is 0.0367 e. The summed E-state index contributed by atoms with van der Waals surface area (Å²) in [6.45, 7) is 4.51. The summed E-state index contributed by atoms with van der Waals surface area (Å²) in [4.78, 5) is 0. The lowest BCUT2D eigenvalue weighted by Gasteiger charge is -2.33. The average Bonchev–Trinajstić information content (AvgIpc) is 2.44. The van der Waals surface area contributed by atoms with E-state index in [1.807, 2.05) is 0 Å². The van der Waals surface area contributed by atoms with Crippen LogP contribution < -0.4 is 0 Å². The Hall–Kier alpha value is -0.490. The van der Waals surface area contributed by atoms with Crippen molar-refractivity contribution < 1.29 is 0 Å². The molecule has 1 aromatic carbocycles. The first-order chi connectivity index (χ1) is 9.22. The van der Waals surface area contributed by atoms with Gasteiger partial charge in [0.1, 0.15) is 0 Å². The van der Waals surface area contributed by atoms with Crippen LogP contribution in [0.3, 0.4) is 0 Å². The molecule has 0 aromatic heterocycles. The number of hydrogen-bond donors (Lipinski definition) is 0. The Kier molecular flexibility index (Phi) is 5.76. The molecule has 1 saturated carbocycles. The van der Waals surface area contributed by atoms with Gasteiger partial charge in [0.2, 0.25) is 0 Å². The van der Waals surface area contributed by atoms with Crippen molar-refractivity contribution in [2.45, 2.75) is 64.2 Å². The molecule has 0 bridgehead atoms. The van der Waals surface area contributed by atoms with Crippen molar-refractivity contribution in [3.8, 4) is 0 Å². The Balaban J connectivity index is 1.95. The summed E-state index contributed by atoms with van der Waals surface area (Å²) in [7, 11) is 0. The van der Waals surface area contributed by atoms with E-state index in [4.69, 9.17) is 11.6 Å². The van der Waals surface area contributed by atoms with Gasteiger partial charge in [-0.2, -0.15) is 0 Å². The van der Waals surface area contributed by atoms with Crippen molar-refractivity contribution in [1.82, 2.24) is 0 Å². The third-order valence-corrected chi connectivity index (χ3v) is 5.20. The predicted octanol–water partition coefficient (Wildman–Crippen LogP) is 5.62. The Bertz CT molecular complexity index is 368. The number of halogens is 1. The van der Waals surface area contributed by atoms with Gasteiger partial charge in [0, 0.05) is 5.38 Å². The minimum atomic E-state index is 0.388. The zero-order chi connectivity index (χ0) is 13.7. The third-order valence-electron chi connectivity index (χ3n) is 4.62. The van der Waals surface area contributed by atoms with Gasteiger partial charge < -0.3 is 0 Å². The van der Waals surface area contributed by atoms with E-state index in [1.165, 1.54) is 49.7 Å². The van der Waals surface area contributed by atoms with Crippen LogP contribution >= 0.6 is 11.6 Å². The quantitative estimate of drug-likeness (QED) is 0.614. The van der Waals surface area contributed by atoms with Crippen LogP contribution in [0.2, 0.25) is 0 Å². The first-order valence-corrected chi connectivity index (χ1v) is 8.38. The third kappa shape index (κ3) is 4.24. The van der Waals surface area contributed by atoms with E-state index in [-0.39, 0.29) is 0 Å². The van der Waals surface area contributed by atoms with Crippen LogP contribution in [-0.2, 0) is 12.8 Å². The van der Waals surface area contributed by atoms with E-state index < -0.39 is 0 Å². The van der Waals surface area contributed by atoms with Gasteiger partial charge in [-0.05, 0) is 55.1 Å². The minimum Gasteiger partial charge on any atom is -0.123 e. The monoisotopic (exact) mass is 278 g/mol. The molecule has 0 saturated heterocycles. The van der Waals surface area contributed by atoms with Crippen molar-refractivity contribution in [1.29, 1.82) is 0 Å². The van der Waals surface area contributed by atoms with E-state index in [1.54, 1.807) is 0 Å². The van der Waals surface area contributed by atoms with Crippen LogP contribution in [-0.4, -0.2) is 5.38 Å². The highest BCUT2D eigenvalue weighted by Crippen LogP contribution is 2.36. The van der Waals surface area contributed by atoms with Gasteiger partial charge in [-0.1, -0.05) is 51.0 Å². The maximum atomic E-state index is 6.56. The predicted molar refractivity (Wildman–Crippen MR) is 84.9 cm³/mol. The highest BCUT2D eigenvalue weighted by molar-refractivity contribution is 6.20. The molecular weight excluding hydrogens is 252 g/mol. The number of aryl methyl sites for hydroxylation is 1. The largest absolute Gasteiger partial charge is 0.123 e. The van der Waals surface area contributed by atoms with Gasteiger partial charge in [0.25, 0.3) is 0 Å². The molecule has 0 radical (unpaired) electrons. The Labute approximate surface area is 123 Å². The number of hydrogen-bond acceptors (Lipinski definition) is 0. The zero-order valence-electron chi connectivity index (χ0n) is 12.4. The lowest BCUT2D eigenvalue weighted by atomic mass is 9.76. The normalized spacial score (nSPS) is 27.4. The number of alkyl halides is 1. The Morgan fingerprint density at radius 1 is 1.05 bits per heavy atom. The molecule has 2 rings (SSSR count). The van der Waals surface area contributed by atoms with Crippen molar-refractivity contribution in [2.24, 2.45) is 11.8 Å². The molecule has 0 N–H and O–H groups in total. The Morgan fingerprint density at radius 2 is 1.74 bits per heavy atom. The molecule has 1 fully saturated rings. The van der Waals surface area contributed by atoms with Crippen LogP contribution in [0.25, 0.3) is 0 Å². The summed E-state index contributed by atoms with van der Waals surface area (Å²) >= 11 is 6.56. The molecular formula is C18H27Cl. The fourth-order valence-corrected chi connectivity index (χ4v) is 3.74. The van der Waals surface area contributed by atoms with Crippen molar-refractivity contribution in [3.63, 3.8) is 0 Å². The molecule has 3 unspecified atom stereocenters. The summed E-state index contributed by atoms with van der Waals surface area (Å²) in [5.74, 6) is 1.60. The average molecular weight is 279 g/mol. The van der Waals surface area contributed by atoms with Gasteiger partial charge in [-0.15, -0.1) is 11.6 Å². The highest BCUT2D eigenvalue weighted by Gasteiger charge is 2.28. The molecule has 1 aliphatic carbocycles. The molecule has 1 aromatic rings. The van der Waals surface area contributed by atoms with Crippen LogP contribution in [0.1, 0.15) is 57.1 Å². The maximum absolute atomic E-state index is 6.56. The molecule has 0 spiro atoms. The summed E-state index contributed by atoms with van der Waals surface area (Å²) < 4.78 is 0. The van der Waals surface area contributed by atoms with Gasteiger partial charge in [-0.3, -0.25) is 0 Å². The molecule has 106 valence electrons. The van der Waals surface area contributed by atoms with Crippen molar-refractivity contribution in [3.05, 3.63) is 35.4 Å². The van der Waals surface area contributed by atoms with E-state index in [0.29, 0.717) is 11.3 Å². The summed E-state index contributed by atoms with van der Waals surface area (Å²) in [6, 6.07) is 9.13. The van der Waals surface area contributed by atoms with Crippen LogP contribution in [0.4, 0.5) is 0 Å². The summed E-state index contributed by atoms with van der Waals surface area (Å²) in [5, 5.41) is 0.388. The molecule has 3 atom stereocenters. The SMILES string of the molecule is CCCC1CCC(Cl)C(Cc2ccc(CC)cc2)C1. The first-order valence-electron chi connectivity index (χ1n) is 7.94. The van der Waals surface area contributed by atoms with Gasteiger partial charge in [0.05, 0.1) is 0 Å². The standard InChI is InChI=1S/C18H27Cl/c1-3-5-15-10-11-18(19)17(12-15)13-16-8-6-14(4-2)7-9-16/h6-9,15,17-18H,3-5,10-13H2,1-2H3. The van der Waals surface area contributed by atoms with E-state index in [9.17, 15) is 0 Å². The molecule has 0 aliphatic heterocycles. The van der Waals surface area contributed by atoms with E-state index in [2.05, 4.69) is 38.1 Å². The fourth-order valence-electron chi connectivity index (χ4n) is 3.42. The molecule has 1 heteroatoms. The summed E-state index contributed by atoms with van der Waals surface area (Å²) in [5.41, 5.74) is 2.89. The van der Waals surface area contributed by atoms with Crippen LogP contribution in [0.5, 0.6) is 0 Å². The van der Waals surface area contributed by atoms with Crippen LogP contribution in [0, 0.1) is 11.8 Å².